The lowest BCUT2D eigenvalue weighted by molar-refractivity contribution is -0.136. The molecule has 144 valence electrons. The monoisotopic (exact) mass is 371 g/mol. The summed E-state index contributed by atoms with van der Waals surface area (Å²) >= 11 is 0. The van der Waals surface area contributed by atoms with Crippen molar-refractivity contribution in [2.45, 2.75) is 38.6 Å². The van der Waals surface area contributed by atoms with Crippen LogP contribution in [-0.4, -0.2) is 44.1 Å². The van der Waals surface area contributed by atoms with Gasteiger partial charge < -0.3 is 19.1 Å². The van der Waals surface area contributed by atoms with Gasteiger partial charge in [-0.25, -0.2) is 4.79 Å². The number of rotatable bonds is 5. The van der Waals surface area contributed by atoms with Crippen LogP contribution >= 0.6 is 0 Å². The lowest BCUT2D eigenvalue weighted by atomic mass is 10.0. The Morgan fingerprint density at radius 1 is 1.15 bits per heavy atom. The van der Waals surface area contributed by atoms with E-state index in [4.69, 9.17) is 14.2 Å². The molecule has 1 amide bonds. The number of ether oxygens (including phenoxy) is 3. The normalized spacial score (nSPS) is 19.2. The van der Waals surface area contributed by atoms with Crippen LogP contribution in [0.3, 0.4) is 0 Å². The van der Waals surface area contributed by atoms with Crippen LogP contribution in [0.1, 0.15) is 38.2 Å². The minimum atomic E-state index is -0.505. The molecule has 0 radical (unpaired) electrons. The van der Waals surface area contributed by atoms with Gasteiger partial charge in [-0.05, 0) is 31.9 Å². The van der Waals surface area contributed by atoms with E-state index in [2.05, 4.69) is 0 Å². The number of allylic oxidation sites excluding steroid dienone is 1. The Balaban J connectivity index is 2.12. The van der Waals surface area contributed by atoms with Crippen LogP contribution in [0.25, 0.3) is 6.08 Å². The first-order valence-corrected chi connectivity index (χ1v) is 9.09. The summed E-state index contributed by atoms with van der Waals surface area (Å²) in [5.41, 5.74) is 1.98. The summed E-state index contributed by atoms with van der Waals surface area (Å²) in [4.78, 5) is 27.4. The minimum absolute atomic E-state index is 0.135. The van der Waals surface area contributed by atoms with Crippen LogP contribution in [0.4, 0.5) is 0 Å². The number of methoxy groups -OCH3 is 3. The van der Waals surface area contributed by atoms with Crippen molar-refractivity contribution in [2.75, 3.05) is 21.3 Å². The summed E-state index contributed by atoms with van der Waals surface area (Å²) in [5, 5.41) is 0. The number of esters is 1. The third-order valence-corrected chi connectivity index (χ3v) is 5.25. The van der Waals surface area contributed by atoms with E-state index >= 15 is 0 Å². The van der Waals surface area contributed by atoms with E-state index in [0.29, 0.717) is 33.9 Å². The second-order valence-corrected chi connectivity index (χ2v) is 6.71. The van der Waals surface area contributed by atoms with Crippen LogP contribution in [-0.2, 0) is 14.3 Å². The number of nitrogens with zero attached hydrogens (tertiary/aromatic N) is 1. The molecule has 3 rings (SSSR count). The summed E-state index contributed by atoms with van der Waals surface area (Å²) in [7, 11) is 4.43. The fourth-order valence-electron chi connectivity index (χ4n) is 3.98. The van der Waals surface area contributed by atoms with Crippen molar-refractivity contribution >= 4 is 18.0 Å². The van der Waals surface area contributed by atoms with Crippen LogP contribution in [0, 0.1) is 0 Å². The summed E-state index contributed by atoms with van der Waals surface area (Å²) in [5.74, 6) is 0.408. The van der Waals surface area contributed by atoms with Crippen molar-refractivity contribution in [3.8, 4) is 11.5 Å². The molecule has 0 bridgehead atoms. The van der Waals surface area contributed by atoms with Gasteiger partial charge in [0.25, 0.3) is 5.91 Å². The Labute approximate surface area is 159 Å². The van der Waals surface area contributed by atoms with Gasteiger partial charge in [0.2, 0.25) is 0 Å². The molecule has 0 aromatic heterocycles. The molecule has 1 aromatic rings. The molecule has 1 aromatic carbocycles. The maximum absolute atomic E-state index is 13.2. The molecule has 0 N–H and O–H groups in total. The molecule has 0 unspecified atom stereocenters. The third kappa shape index (κ3) is 3.31. The molecular weight excluding hydrogens is 346 g/mol. The first-order valence-electron chi connectivity index (χ1n) is 9.09. The van der Waals surface area contributed by atoms with Gasteiger partial charge in [-0.3, -0.25) is 4.79 Å². The van der Waals surface area contributed by atoms with Crippen molar-refractivity contribution in [2.24, 2.45) is 0 Å². The Morgan fingerprint density at radius 2 is 1.85 bits per heavy atom. The summed E-state index contributed by atoms with van der Waals surface area (Å²) < 4.78 is 15.8. The second kappa shape index (κ2) is 7.86. The van der Waals surface area contributed by atoms with Gasteiger partial charge in [-0.2, -0.15) is 0 Å². The molecule has 1 fully saturated rings. The fraction of sp³-hybridized carbons (Fsp3) is 0.429. The van der Waals surface area contributed by atoms with Gasteiger partial charge in [-0.1, -0.05) is 25.0 Å². The number of para-hydroxylation sites is 1. The molecular formula is C21H25NO5. The average molecular weight is 371 g/mol. The fourth-order valence-corrected chi connectivity index (χ4v) is 3.98. The summed E-state index contributed by atoms with van der Waals surface area (Å²) in [6, 6.07) is 5.56. The molecule has 2 aliphatic rings. The number of carbonyl (C=O) groups is 2. The SMILES string of the molecule is COC(=O)C1=C(C)N(C2CCCC2)C(=O)C1=Cc1cccc(OC)c1OC. The Bertz CT molecular complexity index is 818. The Morgan fingerprint density at radius 3 is 2.44 bits per heavy atom. The topological polar surface area (TPSA) is 65.1 Å². The standard InChI is InChI=1S/C21H25NO5/c1-13-18(21(24)27-4)16(20(23)22(13)15-9-5-6-10-15)12-14-8-7-11-17(25-2)19(14)26-3/h7-8,11-12,15H,5-6,9-10H2,1-4H3. The zero-order valence-electron chi connectivity index (χ0n) is 16.2. The zero-order valence-corrected chi connectivity index (χ0v) is 16.2. The van der Waals surface area contributed by atoms with Gasteiger partial charge in [0.05, 0.1) is 32.5 Å². The predicted octanol–water partition coefficient (Wildman–Crippen LogP) is 3.32. The van der Waals surface area contributed by atoms with E-state index in [1.54, 1.807) is 31.3 Å². The van der Waals surface area contributed by atoms with Crippen molar-refractivity contribution in [1.82, 2.24) is 4.90 Å². The maximum atomic E-state index is 13.2. The van der Waals surface area contributed by atoms with E-state index in [-0.39, 0.29) is 11.9 Å². The zero-order chi connectivity index (χ0) is 19.6. The average Bonchev–Trinajstić information content (AvgIpc) is 3.28. The summed E-state index contributed by atoms with van der Waals surface area (Å²) in [6.07, 6.45) is 5.78. The minimum Gasteiger partial charge on any atom is -0.493 e. The molecule has 27 heavy (non-hydrogen) atoms. The number of carbonyl (C=O) groups excluding carboxylic acids is 2. The Hall–Kier alpha value is -2.76. The van der Waals surface area contributed by atoms with Crippen LogP contribution in [0.2, 0.25) is 0 Å². The van der Waals surface area contributed by atoms with Crippen LogP contribution < -0.4 is 9.47 Å². The first-order chi connectivity index (χ1) is 13.0. The molecule has 1 heterocycles. The number of amides is 1. The van der Waals surface area contributed by atoms with Crippen molar-refractivity contribution in [1.29, 1.82) is 0 Å². The first kappa shape index (κ1) is 19.0. The van der Waals surface area contributed by atoms with Gasteiger partial charge in [-0.15, -0.1) is 0 Å². The van der Waals surface area contributed by atoms with Gasteiger partial charge in [0.15, 0.2) is 11.5 Å². The Kier molecular flexibility index (Phi) is 5.54. The smallest absolute Gasteiger partial charge is 0.340 e. The maximum Gasteiger partial charge on any atom is 0.340 e. The molecule has 6 heteroatoms. The quantitative estimate of drug-likeness (QED) is 0.587. The van der Waals surface area contributed by atoms with Crippen molar-refractivity contribution in [3.05, 3.63) is 40.6 Å². The largest absolute Gasteiger partial charge is 0.493 e. The van der Waals surface area contributed by atoms with Crippen molar-refractivity contribution < 1.29 is 23.8 Å². The highest BCUT2D eigenvalue weighted by Gasteiger charge is 2.41. The van der Waals surface area contributed by atoms with E-state index in [9.17, 15) is 9.59 Å². The second-order valence-electron chi connectivity index (χ2n) is 6.71. The number of hydrogen-bond acceptors (Lipinski definition) is 5. The van der Waals surface area contributed by atoms with Gasteiger partial charge >= 0.3 is 5.97 Å². The number of hydrogen-bond donors (Lipinski definition) is 0. The van der Waals surface area contributed by atoms with E-state index < -0.39 is 5.97 Å². The van der Waals surface area contributed by atoms with Gasteiger partial charge in [0.1, 0.15) is 0 Å². The highest BCUT2D eigenvalue weighted by atomic mass is 16.5. The van der Waals surface area contributed by atoms with Crippen molar-refractivity contribution in [3.63, 3.8) is 0 Å². The van der Waals surface area contributed by atoms with Crippen LogP contribution in [0.5, 0.6) is 11.5 Å². The summed E-state index contributed by atoms with van der Waals surface area (Å²) in [6.45, 7) is 1.81. The molecule has 1 aliphatic carbocycles. The van der Waals surface area contributed by atoms with E-state index in [1.807, 2.05) is 19.1 Å². The molecule has 1 saturated carbocycles. The molecule has 6 nitrogen and oxygen atoms in total. The lowest BCUT2D eigenvalue weighted by Crippen LogP contribution is -2.34. The molecule has 0 spiro atoms. The predicted molar refractivity (Wildman–Crippen MR) is 101 cm³/mol. The van der Waals surface area contributed by atoms with Crippen LogP contribution in [0.15, 0.2) is 35.0 Å². The van der Waals surface area contributed by atoms with E-state index in [0.717, 1.165) is 25.7 Å². The molecule has 1 aliphatic heterocycles. The third-order valence-electron chi connectivity index (χ3n) is 5.25. The lowest BCUT2D eigenvalue weighted by Gasteiger charge is -2.25. The highest BCUT2D eigenvalue weighted by Crippen LogP contribution is 2.39. The van der Waals surface area contributed by atoms with E-state index in [1.165, 1.54) is 7.11 Å². The number of benzene rings is 1. The molecule has 0 saturated heterocycles. The molecule has 0 atom stereocenters. The highest BCUT2D eigenvalue weighted by molar-refractivity contribution is 6.16. The van der Waals surface area contributed by atoms with Gasteiger partial charge in [0, 0.05) is 17.3 Å².